The summed E-state index contributed by atoms with van der Waals surface area (Å²) in [5.74, 6) is 1.36. The number of methoxy groups -OCH3 is 2. The summed E-state index contributed by atoms with van der Waals surface area (Å²) in [5.41, 5.74) is 3.13. The van der Waals surface area contributed by atoms with Crippen molar-refractivity contribution in [2.45, 2.75) is 25.2 Å². The molecule has 1 aromatic heterocycles. The minimum Gasteiger partial charge on any atom is -0.495 e. The lowest BCUT2D eigenvalue weighted by atomic mass is 9.83. The van der Waals surface area contributed by atoms with Crippen LogP contribution in [-0.2, 0) is 12.8 Å². The van der Waals surface area contributed by atoms with Crippen LogP contribution in [0.15, 0.2) is 6.07 Å². The molecular formula is C15H15Cl2N2O2. The van der Waals surface area contributed by atoms with Crippen LogP contribution in [0, 0.1) is 6.20 Å². The Morgan fingerprint density at radius 2 is 1.90 bits per heavy atom. The maximum Gasteiger partial charge on any atom is 0.141 e. The summed E-state index contributed by atoms with van der Waals surface area (Å²) in [6, 6.07) is 1.71. The topological polar surface area (TPSA) is 47.1 Å². The number of halogens is 2. The summed E-state index contributed by atoms with van der Waals surface area (Å²) >= 11 is 13.0. The van der Waals surface area contributed by atoms with Gasteiger partial charge in [0.1, 0.15) is 17.7 Å². The maximum atomic E-state index is 6.48. The normalized spacial score (nSPS) is 17.4. The van der Waals surface area contributed by atoms with E-state index in [-0.39, 0.29) is 5.92 Å². The van der Waals surface area contributed by atoms with Crippen molar-refractivity contribution in [1.29, 1.82) is 0 Å². The van der Waals surface area contributed by atoms with Gasteiger partial charge < -0.3 is 9.47 Å². The van der Waals surface area contributed by atoms with E-state index in [0.29, 0.717) is 21.5 Å². The molecule has 0 fully saturated rings. The number of aromatic amines is 1. The fourth-order valence-electron chi connectivity index (χ4n) is 2.85. The molecule has 4 nitrogen and oxygen atoms in total. The molecule has 2 aromatic rings. The van der Waals surface area contributed by atoms with Gasteiger partial charge in [-0.15, -0.1) is 0 Å². The number of hydrogen-bond acceptors (Lipinski definition) is 3. The predicted molar refractivity (Wildman–Crippen MR) is 81.8 cm³/mol. The van der Waals surface area contributed by atoms with Gasteiger partial charge in [-0.2, -0.15) is 5.10 Å². The third kappa shape index (κ3) is 2.47. The van der Waals surface area contributed by atoms with Gasteiger partial charge >= 0.3 is 0 Å². The Bertz CT molecular complexity index is 642. The van der Waals surface area contributed by atoms with Crippen molar-refractivity contribution in [3.05, 3.63) is 39.1 Å². The van der Waals surface area contributed by atoms with Crippen molar-refractivity contribution in [3.8, 4) is 11.5 Å². The van der Waals surface area contributed by atoms with Gasteiger partial charge in [0.05, 0.1) is 24.3 Å². The molecule has 0 amide bonds. The van der Waals surface area contributed by atoms with Gasteiger partial charge in [-0.05, 0) is 25.2 Å². The minimum absolute atomic E-state index is 0.204. The van der Waals surface area contributed by atoms with E-state index in [0.717, 1.165) is 36.1 Å². The first kappa shape index (κ1) is 14.5. The zero-order valence-electron chi connectivity index (χ0n) is 11.8. The Balaban J connectivity index is 2.06. The lowest BCUT2D eigenvalue weighted by molar-refractivity contribution is 0.392. The first-order valence-corrected chi connectivity index (χ1v) is 7.45. The van der Waals surface area contributed by atoms with Crippen molar-refractivity contribution in [1.82, 2.24) is 10.2 Å². The summed E-state index contributed by atoms with van der Waals surface area (Å²) in [4.78, 5) is 0. The minimum atomic E-state index is 0.204. The summed E-state index contributed by atoms with van der Waals surface area (Å²) in [7, 11) is 3.17. The number of nitrogens with one attached hydrogen (secondary N) is 1. The molecule has 0 aliphatic heterocycles. The first-order chi connectivity index (χ1) is 10.2. The molecule has 1 unspecified atom stereocenters. The number of fused-ring (bicyclic) bond motifs is 1. The van der Waals surface area contributed by atoms with Crippen LogP contribution in [0.2, 0.25) is 10.0 Å². The highest BCUT2D eigenvalue weighted by molar-refractivity contribution is 6.38. The van der Waals surface area contributed by atoms with E-state index >= 15 is 0 Å². The van der Waals surface area contributed by atoms with Crippen molar-refractivity contribution in [3.63, 3.8) is 0 Å². The zero-order valence-corrected chi connectivity index (χ0v) is 13.3. The Morgan fingerprint density at radius 3 is 2.52 bits per heavy atom. The Labute approximate surface area is 133 Å². The maximum absolute atomic E-state index is 6.48. The van der Waals surface area contributed by atoms with Crippen LogP contribution < -0.4 is 9.47 Å². The van der Waals surface area contributed by atoms with Crippen molar-refractivity contribution in [2.24, 2.45) is 0 Å². The average molecular weight is 326 g/mol. The molecule has 3 rings (SSSR count). The number of aromatic nitrogens is 2. The quantitative estimate of drug-likeness (QED) is 0.933. The second-order valence-corrected chi connectivity index (χ2v) is 5.81. The number of nitrogens with zero attached hydrogens (tertiary/aromatic N) is 1. The van der Waals surface area contributed by atoms with Crippen LogP contribution in [0.5, 0.6) is 11.5 Å². The van der Waals surface area contributed by atoms with Crippen LogP contribution in [0.4, 0.5) is 0 Å². The molecule has 1 N–H and O–H groups in total. The van der Waals surface area contributed by atoms with Crippen LogP contribution >= 0.6 is 23.2 Å². The zero-order chi connectivity index (χ0) is 15.0. The summed E-state index contributed by atoms with van der Waals surface area (Å²) < 4.78 is 10.7. The smallest absolute Gasteiger partial charge is 0.141 e. The van der Waals surface area contributed by atoms with Crippen molar-refractivity contribution in [2.75, 3.05) is 14.2 Å². The van der Waals surface area contributed by atoms with Crippen LogP contribution in [0.1, 0.15) is 29.2 Å². The molecule has 111 valence electrons. The van der Waals surface area contributed by atoms with Gasteiger partial charge in [0, 0.05) is 22.9 Å². The molecule has 1 radical (unpaired) electrons. The van der Waals surface area contributed by atoms with Crippen LogP contribution in [0.3, 0.4) is 0 Å². The van der Waals surface area contributed by atoms with Crippen molar-refractivity contribution < 1.29 is 9.47 Å². The molecule has 6 heteroatoms. The van der Waals surface area contributed by atoms with E-state index in [1.165, 1.54) is 0 Å². The van der Waals surface area contributed by atoms with E-state index in [4.69, 9.17) is 32.7 Å². The van der Waals surface area contributed by atoms with Gasteiger partial charge in [-0.25, -0.2) is 0 Å². The van der Waals surface area contributed by atoms with E-state index in [9.17, 15) is 0 Å². The van der Waals surface area contributed by atoms with E-state index in [2.05, 4.69) is 16.4 Å². The number of H-pyrrole nitrogens is 1. The number of hydrogen-bond donors (Lipinski definition) is 1. The Hall–Kier alpha value is -1.39. The lowest BCUT2D eigenvalue weighted by Crippen LogP contribution is -2.13. The predicted octanol–water partition coefficient (Wildman–Crippen LogP) is 3.81. The first-order valence-electron chi connectivity index (χ1n) is 6.69. The van der Waals surface area contributed by atoms with Gasteiger partial charge in [0.2, 0.25) is 0 Å². The Kier molecular flexibility index (Phi) is 4.00. The fourth-order valence-corrected chi connectivity index (χ4v) is 3.66. The molecule has 0 spiro atoms. The summed E-state index contributed by atoms with van der Waals surface area (Å²) in [6.07, 6.45) is 5.64. The summed E-state index contributed by atoms with van der Waals surface area (Å²) in [5, 5.41) is 8.09. The van der Waals surface area contributed by atoms with Gasteiger partial charge in [-0.3, -0.25) is 5.10 Å². The van der Waals surface area contributed by atoms with E-state index < -0.39 is 0 Å². The molecule has 1 aliphatic carbocycles. The van der Waals surface area contributed by atoms with Crippen LogP contribution in [-0.4, -0.2) is 24.4 Å². The van der Waals surface area contributed by atoms with Crippen LogP contribution in [0.25, 0.3) is 0 Å². The summed E-state index contributed by atoms with van der Waals surface area (Å²) in [6.45, 7) is 0. The molecule has 1 heterocycles. The molecule has 1 atom stereocenters. The highest BCUT2D eigenvalue weighted by Gasteiger charge is 2.28. The van der Waals surface area contributed by atoms with Gasteiger partial charge in [0.25, 0.3) is 0 Å². The number of benzene rings is 1. The lowest BCUT2D eigenvalue weighted by Gasteiger charge is -2.25. The van der Waals surface area contributed by atoms with E-state index in [1.807, 2.05) is 0 Å². The molecule has 0 saturated heterocycles. The number of rotatable bonds is 3. The fraction of sp³-hybridized carbons (Fsp3) is 0.400. The highest BCUT2D eigenvalue weighted by Crippen LogP contribution is 2.46. The third-order valence-corrected chi connectivity index (χ3v) is 4.73. The molecular weight excluding hydrogens is 311 g/mol. The number of aryl methyl sites for hydroxylation is 1. The standard InChI is InChI=1S/C15H15Cl2N2O2/c1-20-11-6-12(21-2)15(17)13(14(11)16)8-3-4-9-7-18-19-10(9)5-8/h6,8H,3-5H2,1-2H3,(H,18,19). The van der Waals surface area contributed by atoms with E-state index in [1.54, 1.807) is 20.3 Å². The third-order valence-electron chi connectivity index (χ3n) is 3.96. The monoisotopic (exact) mass is 325 g/mol. The van der Waals surface area contributed by atoms with Gasteiger partial charge in [-0.1, -0.05) is 23.2 Å². The molecule has 21 heavy (non-hydrogen) atoms. The second kappa shape index (κ2) is 5.78. The number of ether oxygens (including phenoxy) is 2. The average Bonchev–Trinajstić information content (AvgIpc) is 2.95. The molecule has 0 saturated carbocycles. The van der Waals surface area contributed by atoms with Gasteiger partial charge in [0.15, 0.2) is 0 Å². The SMILES string of the molecule is COc1cc(OC)c(Cl)c(C2CCc3[c]n[nH]c3C2)c1Cl. The second-order valence-electron chi connectivity index (χ2n) is 5.05. The molecule has 1 aliphatic rings. The van der Waals surface area contributed by atoms with Crippen molar-refractivity contribution >= 4 is 23.2 Å². The molecule has 1 aromatic carbocycles. The molecule has 0 bridgehead atoms. The Morgan fingerprint density at radius 1 is 1.24 bits per heavy atom. The largest absolute Gasteiger partial charge is 0.495 e. The highest BCUT2D eigenvalue weighted by atomic mass is 35.5.